The molecule has 0 atom stereocenters. The quantitative estimate of drug-likeness (QED) is 0.0379. The Morgan fingerprint density at radius 3 is 0.938 bits per heavy atom. The zero-order chi connectivity index (χ0) is 46.8. The van der Waals surface area contributed by atoms with Gasteiger partial charge in [0, 0.05) is 19.2 Å². The summed E-state index contributed by atoms with van der Waals surface area (Å²) in [4.78, 5) is 20.7. The van der Waals surface area contributed by atoms with Gasteiger partial charge in [0.2, 0.25) is 0 Å². The molecule has 1 rings (SSSR count). The molecule has 0 aliphatic rings. The maximum atomic E-state index is 11.2. The highest BCUT2D eigenvalue weighted by Gasteiger charge is 2.19. The van der Waals surface area contributed by atoms with Gasteiger partial charge in [0.25, 0.3) is 11.4 Å². The van der Waals surface area contributed by atoms with E-state index in [2.05, 4.69) is 12.2 Å². The fraction of sp³-hybridized carbons (Fsp3) is 0.870. The maximum absolute atomic E-state index is 11.2. The minimum absolute atomic E-state index is 0.186. The second-order valence-electron chi connectivity index (χ2n) is 15.1. The van der Waals surface area contributed by atoms with Crippen LogP contribution < -0.4 is 5.32 Å². The summed E-state index contributed by atoms with van der Waals surface area (Å²) in [5.74, 6) is 0. The number of rotatable bonds is 54. The number of unbranched alkanes of at least 4 members (excludes halogenated alkanes) is 13. The summed E-state index contributed by atoms with van der Waals surface area (Å²) in [5, 5.41) is 24.9. The van der Waals surface area contributed by atoms with Gasteiger partial charge in [0.1, 0.15) is 5.69 Å². The Bertz CT molecular complexity index is 1190. The van der Waals surface area contributed by atoms with Crippen molar-refractivity contribution in [2.24, 2.45) is 0 Å². The molecule has 0 saturated carbocycles. The monoisotopic (exact) mass is 936 g/mol. The first kappa shape index (κ1) is 60.4. The van der Waals surface area contributed by atoms with Crippen LogP contribution in [0.4, 0.5) is 17.1 Å². The SMILES string of the molecule is CCCCCCCCCCCCCCCCOCCOCCOCCOCCOCCOCCOCCOCCOCCOCCOCCOCCNc1ccc([N+](=O)[O-])cc1[N+](=O)[O-]. The van der Waals surface area contributed by atoms with Crippen LogP contribution >= 0.6 is 0 Å². The van der Waals surface area contributed by atoms with Crippen LogP contribution in [0.15, 0.2) is 18.2 Å². The molecule has 0 aliphatic carbocycles. The van der Waals surface area contributed by atoms with Gasteiger partial charge in [-0.15, -0.1) is 0 Å². The van der Waals surface area contributed by atoms with Gasteiger partial charge in [-0.1, -0.05) is 90.4 Å². The van der Waals surface area contributed by atoms with Gasteiger partial charge < -0.3 is 62.2 Å². The predicted molar refractivity (Wildman–Crippen MR) is 248 cm³/mol. The minimum Gasteiger partial charge on any atom is -0.379 e. The third-order valence-electron chi connectivity index (χ3n) is 9.69. The Hall–Kier alpha value is -2.66. The molecule has 19 heteroatoms. The number of hydrogen-bond donors (Lipinski definition) is 1. The van der Waals surface area contributed by atoms with Crippen molar-refractivity contribution >= 4 is 17.1 Å². The topological polar surface area (TPSA) is 209 Å². The molecule has 0 saturated heterocycles. The summed E-state index contributed by atoms with van der Waals surface area (Å²) in [6.45, 7) is 14.2. The van der Waals surface area contributed by atoms with Crippen LogP contribution in [0, 0.1) is 20.2 Å². The van der Waals surface area contributed by atoms with Crippen LogP contribution in [0.1, 0.15) is 96.8 Å². The summed E-state index contributed by atoms with van der Waals surface area (Å²) >= 11 is 0. The molecule has 0 unspecified atom stereocenters. The van der Waals surface area contributed by atoms with Crippen LogP contribution in [0.3, 0.4) is 0 Å². The van der Waals surface area contributed by atoms with Crippen molar-refractivity contribution < 1.29 is 66.7 Å². The fourth-order valence-corrected chi connectivity index (χ4v) is 6.11. The number of nitrogens with zero attached hydrogens (tertiary/aromatic N) is 2. The molecule has 0 bridgehead atoms. The van der Waals surface area contributed by atoms with E-state index in [0.717, 1.165) is 19.1 Å². The molecule has 65 heavy (non-hydrogen) atoms. The average Bonchev–Trinajstić information content (AvgIpc) is 3.30. The lowest BCUT2D eigenvalue weighted by molar-refractivity contribution is -0.393. The van der Waals surface area contributed by atoms with Gasteiger partial charge in [-0.2, -0.15) is 0 Å². The summed E-state index contributed by atoms with van der Waals surface area (Å²) in [6.07, 6.45) is 19.1. The van der Waals surface area contributed by atoms with Crippen molar-refractivity contribution in [1.29, 1.82) is 0 Å². The van der Waals surface area contributed by atoms with E-state index in [4.69, 9.17) is 56.8 Å². The predicted octanol–water partition coefficient (Wildman–Crippen LogP) is 7.60. The lowest BCUT2D eigenvalue weighted by Crippen LogP contribution is -2.16. The highest BCUT2D eigenvalue weighted by molar-refractivity contribution is 5.65. The third-order valence-corrected chi connectivity index (χ3v) is 9.69. The van der Waals surface area contributed by atoms with Crippen LogP contribution in [-0.2, 0) is 56.8 Å². The van der Waals surface area contributed by atoms with Gasteiger partial charge in [-0.25, -0.2) is 0 Å². The highest BCUT2D eigenvalue weighted by Crippen LogP contribution is 2.28. The molecule has 0 spiro atoms. The van der Waals surface area contributed by atoms with E-state index in [1.165, 1.54) is 95.6 Å². The number of nitro groups is 2. The Morgan fingerprint density at radius 1 is 0.369 bits per heavy atom. The minimum atomic E-state index is -0.679. The summed E-state index contributed by atoms with van der Waals surface area (Å²) in [6, 6.07) is 3.44. The first-order chi connectivity index (χ1) is 32.1. The molecule has 0 amide bonds. The molecule has 0 radical (unpaired) electrons. The first-order valence-corrected chi connectivity index (χ1v) is 24.2. The standard InChI is InChI=1S/C46H85N3O16/c1-2-3-4-5-6-7-8-9-10-11-12-13-14-15-19-54-21-23-56-25-27-58-29-31-60-33-35-62-37-39-64-41-42-65-40-38-63-36-34-61-32-30-59-28-26-57-24-22-55-20-18-47-45-17-16-44(48(50)51)43-46(45)49(52)53/h16-17,43,47H,2-15,18-42H2,1H3. The second-order valence-corrected chi connectivity index (χ2v) is 15.1. The van der Waals surface area contributed by atoms with Crippen molar-refractivity contribution in [1.82, 2.24) is 0 Å². The lowest BCUT2D eigenvalue weighted by atomic mass is 10.0. The van der Waals surface area contributed by atoms with E-state index >= 15 is 0 Å². The number of non-ortho nitro benzene ring substituents is 1. The summed E-state index contributed by atoms with van der Waals surface area (Å²) in [7, 11) is 0. The Kier molecular flexibility index (Phi) is 45.7. The molecule has 380 valence electrons. The van der Waals surface area contributed by atoms with Crippen molar-refractivity contribution in [3.63, 3.8) is 0 Å². The first-order valence-electron chi connectivity index (χ1n) is 24.2. The van der Waals surface area contributed by atoms with Crippen molar-refractivity contribution in [3.05, 3.63) is 38.4 Å². The van der Waals surface area contributed by atoms with Gasteiger partial charge in [0.15, 0.2) is 0 Å². The molecule has 1 aromatic carbocycles. The zero-order valence-electron chi connectivity index (χ0n) is 39.7. The largest absolute Gasteiger partial charge is 0.379 e. The van der Waals surface area contributed by atoms with Gasteiger partial charge in [-0.3, -0.25) is 20.2 Å². The number of benzene rings is 1. The van der Waals surface area contributed by atoms with E-state index < -0.39 is 9.85 Å². The molecule has 0 aliphatic heterocycles. The molecule has 0 aromatic heterocycles. The Morgan fingerprint density at radius 2 is 0.646 bits per heavy atom. The van der Waals surface area contributed by atoms with E-state index in [1.54, 1.807) is 0 Å². The smallest absolute Gasteiger partial charge is 0.299 e. The van der Waals surface area contributed by atoms with E-state index in [1.807, 2.05) is 0 Å². The zero-order valence-corrected chi connectivity index (χ0v) is 39.7. The van der Waals surface area contributed by atoms with Crippen LogP contribution in [0.2, 0.25) is 0 Å². The molecule has 1 N–H and O–H groups in total. The number of nitro benzene ring substituents is 2. The lowest BCUT2D eigenvalue weighted by Gasteiger charge is -2.09. The normalized spacial score (nSPS) is 11.5. The van der Waals surface area contributed by atoms with Gasteiger partial charge in [0.05, 0.1) is 168 Å². The number of ether oxygens (including phenoxy) is 12. The third kappa shape index (κ3) is 42.4. The fourth-order valence-electron chi connectivity index (χ4n) is 6.11. The Labute approximate surface area is 388 Å². The maximum Gasteiger partial charge on any atom is 0.299 e. The summed E-state index contributed by atoms with van der Waals surface area (Å²) < 4.78 is 66.2. The van der Waals surface area contributed by atoms with Gasteiger partial charge in [-0.05, 0) is 12.5 Å². The van der Waals surface area contributed by atoms with Crippen molar-refractivity contribution in [2.45, 2.75) is 96.8 Å². The van der Waals surface area contributed by atoms with E-state index in [9.17, 15) is 20.2 Å². The highest BCUT2D eigenvalue weighted by atomic mass is 16.6. The summed E-state index contributed by atoms with van der Waals surface area (Å²) in [5.41, 5.74) is -0.524. The van der Waals surface area contributed by atoms with Crippen LogP contribution in [0.5, 0.6) is 0 Å². The number of hydrogen-bond acceptors (Lipinski definition) is 17. The average molecular weight is 936 g/mol. The molecule has 19 nitrogen and oxygen atoms in total. The second kappa shape index (κ2) is 49.3. The number of nitrogens with one attached hydrogen (secondary N) is 1. The molecule has 0 fully saturated rings. The van der Waals surface area contributed by atoms with Crippen LogP contribution in [-0.4, -0.2) is 175 Å². The van der Waals surface area contributed by atoms with E-state index in [0.29, 0.717) is 145 Å². The van der Waals surface area contributed by atoms with Crippen molar-refractivity contribution in [2.75, 3.05) is 170 Å². The van der Waals surface area contributed by atoms with Crippen molar-refractivity contribution in [3.8, 4) is 0 Å². The molecule has 0 heterocycles. The molecular weight excluding hydrogens is 851 g/mol. The molecular formula is C46H85N3O16. The number of anilines is 1. The van der Waals surface area contributed by atoms with Crippen LogP contribution in [0.25, 0.3) is 0 Å². The Balaban J connectivity index is 1.65. The van der Waals surface area contributed by atoms with E-state index in [-0.39, 0.29) is 30.2 Å². The molecule has 1 aromatic rings. The van der Waals surface area contributed by atoms with Gasteiger partial charge >= 0.3 is 0 Å².